The van der Waals surface area contributed by atoms with Crippen LogP contribution in [0.1, 0.15) is 54.5 Å². The van der Waals surface area contributed by atoms with Gasteiger partial charge in [-0.2, -0.15) is 4.31 Å². The fourth-order valence-corrected chi connectivity index (χ4v) is 7.33. The molecule has 2 aromatic rings. The molecule has 0 bridgehead atoms. The molecule has 0 unspecified atom stereocenters. The highest BCUT2D eigenvalue weighted by Gasteiger charge is 2.41. The quantitative estimate of drug-likeness (QED) is 0.582. The standard InChI is InChI=1S/C26H32FNO6S/c1-19-7-10-24(20-5-3-2-4-6-20)35(31,32)28(19)16-21-8-9-22(15-23(21)27)26(11-13-33-14-12-26)18-34-17-25(29)30/h2-6,8-9,15,19,24H,7,10-14,16-18H2,1H3,(H,29,30)/t19-,24+/m0/s1. The zero-order valence-corrected chi connectivity index (χ0v) is 20.7. The first kappa shape index (κ1) is 25.8. The Balaban J connectivity index is 1.57. The van der Waals surface area contributed by atoms with Gasteiger partial charge < -0.3 is 14.6 Å². The molecule has 2 aliphatic heterocycles. The third-order valence-corrected chi connectivity index (χ3v) is 9.61. The van der Waals surface area contributed by atoms with Gasteiger partial charge in [0.2, 0.25) is 10.0 Å². The molecule has 0 radical (unpaired) electrons. The van der Waals surface area contributed by atoms with Gasteiger partial charge in [-0.1, -0.05) is 42.5 Å². The first-order valence-corrected chi connectivity index (χ1v) is 13.4. The largest absolute Gasteiger partial charge is 0.480 e. The molecule has 1 N–H and O–H groups in total. The fraction of sp³-hybridized carbons (Fsp3) is 0.500. The van der Waals surface area contributed by atoms with E-state index in [9.17, 15) is 13.2 Å². The lowest BCUT2D eigenvalue weighted by Gasteiger charge is -2.38. The number of halogens is 1. The average molecular weight is 506 g/mol. The molecule has 190 valence electrons. The normalized spacial score (nSPS) is 24.2. The molecule has 4 rings (SSSR count). The van der Waals surface area contributed by atoms with Gasteiger partial charge in [-0.05, 0) is 49.8 Å². The minimum Gasteiger partial charge on any atom is -0.480 e. The van der Waals surface area contributed by atoms with Crippen LogP contribution < -0.4 is 0 Å². The molecular formula is C26H32FNO6S. The van der Waals surface area contributed by atoms with Gasteiger partial charge >= 0.3 is 5.97 Å². The Morgan fingerprint density at radius 2 is 1.89 bits per heavy atom. The summed E-state index contributed by atoms with van der Waals surface area (Å²) in [5.41, 5.74) is 1.23. The number of carboxylic acid groups (broad SMARTS) is 1. The Labute approximate surface area is 205 Å². The molecule has 2 saturated heterocycles. The van der Waals surface area contributed by atoms with Crippen LogP contribution in [0.15, 0.2) is 48.5 Å². The van der Waals surface area contributed by atoms with E-state index in [0.717, 1.165) is 5.56 Å². The van der Waals surface area contributed by atoms with E-state index in [0.29, 0.717) is 50.0 Å². The monoisotopic (exact) mass is 505 g/mol. The third kappa shape index (κ3) is 5.58. The van der Waals surface area contributed by atoms with Crippen molar-refractivity contribution in [1.82, 2.24) is 4.31 Å². The van der Waals surface area contributed by atoms with Crippen LogP contribution in [0.25, 0.3) is 0 Å². The second-order valence-electron chi connectivity index (χ2n) is 9.50. The summed E-state index contributed by atoms with van der Waals surface area (Å²) in [4.78, 5) is 10.9. The van der Waals surface area contributed by atoms with Gasteiger partial charge in [0, 0.05) is 36.8 Å². The lowest BCUT2D eigenvalue weighted by molar-refractivity contribution is -0.143. The number of aliphatic carboxylic acids is 1. The predicted molar refractivity (Wildman–Crippen MR) is 129 cm³/mol. The number of ether oxygens (including phenoxy) is 2. The van der Waals surface area contributed by atoms with Gasteiger partial charge in [0.25, 0.3) is 0 Å². The molecule has 0 spiro atoms. The van der Waals surface area contributed by atoms with Crippen molar-refractivity contribution >= 4 is 16.0 Å². The van der Waals surface area contributed by atoms with E-state index in [1.807, 2.05) is 43.3 Å². The third-order valence-electron chi connectivity index (χ3n) is 7.24. The summed E-state index contributed by atoms with van der Waals surface area (Å²) in [7, 11) is -3.67. The molecule has 35 heavy (non-hydrogen) atoms. The van der Waals surface area contributed by atoms with Crippen molar-refractivity contribution < 1.29 is 32.2 Å². The molecule has 7 nitrogen and oxygen atoms in total. The Bertz CT molecular complexity index is 1130. The summed E-state index contributed by atoms with van der Waals surface area (Å²) in [5, 5.41) is 8.29. The molecule has 2 heterocycles. The molecule has 2 atom stereocenters. The van der Waals surface area contributed by atoms with E-state index in [1.54, 1.807) is 6.07 Å². The summed E-state index contributed by atoms with van der Waals surface area (Å²) in [6.45, 7) is 2.51. The minimum atomic E-state index is -3.67. The van der Waals surface area contributed by atoms with Crippen LogP contribution >= 0.6 is 0 Å². The topological polar surface area (TPSA) is 93.1 Å². The molecule has 0 saturated carbocycles. The van der Waals surface area contributed by atoms with E-state index in [-0.39, 0.29) is 19.2 Å². The smallest absolute Gasteiger partial charge is 0.329 e. The maximum absolute atomic E-state index is 15.4. The van der Waals surface area contributed by atoms with Gasteiger partial charge in [0.05, 0.1) is 6.61 Å². The molecule has 2 fully saturated rings. The number of nitrogens with zero attached hydrogens (tertiary/aromatic N) is 1. The molecule has 0 aromatic heterocycles. The van der Waals surface area contributed by atoms with Crippen LogP contribution in [0.5, 0.6) is 0 Å². The van der Waals surface area contributed by atoms with Crippen molar-refractivity contribution in [3.8, 4) is 0 Å². The Morgan fingerprint density at radius 1 is 1.17 bits per heavy atom. The molecule has 2 aromatic carbocycles. The predicted octanol–water partition coefficient (Wildman–Crippen LogP) is 4.03. The van der Waals surface area contributed by atoms with Gasteiger partial charge in [-0.25, -0.2) is 17.6 Å². The summed E-state index contributed by atoms with van der Waals surface area (Å²) in [5.74, 6) is -1.53. The zero-order valence-electron chi connectivity index (χ0n) is 19.9. The summed E-state index contributed by atoms with van der Waals surface area (Å²) < 4.78 is 54.7. The first-order valence-electron chi connectivity index (χ1n) is 11.9. The lowest BCUT2D eigenvalue weighted by atomic mass is 9.74. The van der Waals surface area contributed by atoms with E-state index in [2.05, 4.69) is 0 Å². The second-order valence-corrected chi connectivity index (χ2v) is 11.6. The van der Waals surface area contributed by atoms with Gasteiger partial charge in [0.15, 0.2) is 0 Å². The van der Waals surface area contributed by atoms with Crippen LogP contribution in [0, 0.1) is 5.82 Å². The second kappa shape index (κ2) is 10.7. The van der Waals surface area contributed by atoms with Crippen LogP contribution in [0.3, 0.4) is 0 Å². The fourth-order valence-electron chi connectivity index (χ4n) is 5.14. The van der Waals surface area contributed by atoms with Gasteiger partial charge in [-0.3, -0.25) is 0 Å². The van der Waals surface area contributed by atoms with Gasteiger partial charge in [0.1, 0.15) is 17.7 Å². The Kier molecular flexibility index (Phi) is 7.90. The van der Waals surface area contributed by atoms with E-state index >= 15 is 4.39 Å². The maximum atomic E-state index is 15.4. The SMILES string of the molecule is C[C@H]1CC[C@H](c2ccccc2)S(=O)(=O)N1Cc1ccc(C2(COCC(=O)O)CCOCC2)cc1F. The number of carbonyl (C=O) groups is 1. The van der Waals surface area contributed by atoms with Crippen molar-refractivity contribution in [2.75, 3.05) is 26.4 Å². The van der Waals surface area contributed by atoms with Crippen LogP contribution in [0.4, 0.5) is 4.39 Å². The van der Waals surface area contributed by atoms with Gasteiger partial charge in [-0.15, -0.1) is 0 Å². The molecule has 9 heteroatoms. The van der Waals surface area contributed by atoms with Crippen LogP contribution in [0.2, 0.25) is 0 Å². The van der Waals surface area contributed by atoms with Crippen molar-refractivity contribution in [2.45, 2.75) is 55.9 Å². The van der Waals surface area contributed by atoms with Crippen molar-refractivity contribution in [3.63, 3.8) is 0 Å². The highest BCUT2D eigenvalue weighted by Crippen LogP contribution is 2.39. The van der Waals surface area contributed by atoms with Crippen LogP contribution in [-0.2, 0) is 36.3 Å². The summed E-state index contributed by atoms with van der Waals surface area (Å²) in [6, 6.07) is 13.8. The molecule has 2 aliphatic rings. The van der Waals surface area contributed by atoms with E-state index in [1.165, 1.54) is 10.4 Å². The number of hydrogen-bond acceptors (Lipinski definition) is 5. The van der Waals surface area contributed by atoms with Crippen molar-refractivity contribution in [1.29, 1.82) is 0 Å². The first-order chi connectivity index (χ1) is 16.7. The summed E-state index contributed by atoms with van der Waals surface area (Å²) >= 11 is 0. The Morgan fingerprint density at radius 3 is 2.54 bits per heavy atom. The van der Waals surface area contributed by atoms with Crippen molar-refractivity contribution in [3.05, 3.63) is 71.0 Å². The number of carboxylic acids is 1. The van der Waals surface area contributed by atoms with Crippen LogP contribution in [-0.4, -0.2) is 56.3 Å². The van der Waals surface area contributed by atoms with E-state index < -0.39 is 39.1 Å². The number of benzene rings is 2. The van der Waals surface area contributed by atoms with E-state index in [4.69, 9.17) is 14.6 Å². The number of sulfonamides is 1. The molecule has 0 aliphatic carbocycles. The highest BCUT2D eigenvalue weighted by molar-refractivity contribution is 7.89. The average Bonchev–Trinajstić information content (AvgIpc) is 2.83. The minimum absolute atomic E-state index is 0.0371. The van der Waals surface area contributed by atoms with Crippen molar-refractivity contribution in [2.24, 2.45) is 0 Å². The maximum Gasteiger partial charge on any atom is 0.329 e. The molecule has 0 amide bonds. The molecular weight excluding hydrogens is 473 g/mol. The zero-order chi connectivity index (χ0) is 25.1. The Hall–Kier alpha value is -2.33. The summed E-state index contributed by atoms with van der Waals surface area (Å²) in [6.07, 6.45) is 2.40. The number of hydrogen-bond donors (Lipinski definition) is 1. The highest BCUT2D eigenvalue weighted by atomic mass is 32.2. The number of rotatable bonds is 8. The lowest BCUT2D eigenvalue weighted by Crippen LogP contribution is -2.45.